The third-order valence-electron chi connectivity index (χ3n) is 4.90. The van der Waals surface area contributed by atoms with Crippen molar-refractivity contribution in [2.24, 2.45) is 0 Å². The zero-order chi connectivity index (χ0) is 19.3. The van der Waals surface area contributed by atoms with Gasteiger partial charge in [-0.15, -0.1) is 8.19 Å². The molecular weight excluding hydrogens is 359 g/mol. The molecule has 28 heavy (non-hydrogen) atoms. The van der Waals surface area contributed by atoms with Gasteiger partial charge < -0.3 is 0 Å². The highest BCUT2D eigenvalue weighted by Crippen LogP contribution is 2.52. The average molecular weight is 380 g/mol. The van der Waals surface area contributed by atoms with Crippen molar-refractivity contribution >= 4 is 20.1 Å². The second kappa shape index (κ2) is 8.25. The van der Waals surface area contributed by atoms with Crippen molar-refractivity contribution < 1.29 is 4.79 Å². The van der Waals surface area contributed by atoms with E-state index in [1.165, 1.54) is 38.4 Å². The lowest BCUT2D eigenvalue weighted by Crippen LogP contribution is -1.86. The van der Waals surface area contributed by atoms with Crippen LogP contribution in [-0.2, 0) is 4.79 Å². The summed E-state index contributed by atoms with van der Waals surface area (Å²) in [6, 6.07) is 31.7. The molecule has 136 valence electrons. The number of allylic oxidation sites excluding steroid dienone is 2. The molecule has 0 aliphatic carbocycles. The Morgan fingerprint density at radius 2 is 1.14 bits per heavy atom. The first-order chi connectivity index (χ1) is 13.8. The number of hydrogen-bond acceptors (Lipinski definition) is 1. The van der Waals surface area contributed by atoms with E-state index >= 15 is 0 Å². The van der Waals surface area contributed by atoms with Crippen LogP contribution in [0.25, 0.3) is 38.7 Å². The Balaban J connectivity index is 2.11. The number of rotatable bonds is 5. The molecule has 0 radical (unpaired) electrons. The first-order valence-electron chi connectivity index (χ1n) is 9.34. The Labute approximate surface area is 167 Å². The lowest BCUT2D eigenvalue weighted by atomic mass is 9.91. The maximum absolute atomic E-state index is 11.2. The minimum atomic E-state index is 0.502. The molecule has 0 bridgehead atoms. The fraction of sp³-hybridized carbons (Fsp3) is 0.0385. The molecule has 0 aliphatic rings. The molecule has 0 spiro atoms. The molecule has 1 unspecified atom stereocenters. The van der Waals surface area contributed by atoms with E-state index in [-0.39, 0.29) is 0 Å². The average Bonchev–Trinajstić information content (AvgIpc) is 3.16. The van der Waals surface area contributed by atoms with Crippen LogP contribution in [0.5, 0.6) is 0 Å². The monoisotopic (exact) mass is 380 g/mol. The number of aldehydes is 1. The molecule has 0 fully saturated rings. The Morgan fingerprint density at radius 1 is 0.679 bits per heavy atom. The first kappa shape index (κ1) is 18.2. The van der Waals surface area contributed by atoms with Crippen LogP contribution >= 0.6 is 8.19 Å². The Morgan fingerprint density at radius 3 is 1.64 bits per heavy atom. The van der Waals surface area contributed by atoms with Crippen molar-refractivity contribution in [1.29, 1.82) is 0 Å². The van der Waals surface area contributed by atoms with Gasteiger partial charge in [0, 0.05) is 21.7 Å². The van der Waals surface area contributed by atoms with Crippen LogP contribution in [0, 0.1) is 0 Å². The molecule has 1 aromatic heterocycles. The first-order valence-corrected chi connectivity index (χ1v) is 10.3. The summed E-state index contributed by atoms with van der Waals surface area (Å²) >= 11 is 0. The zero-order valence-electron chi connectivity index (χ0n) is 15.7. The van der Waals surface area contributed by atoms with Gasteiger partial charge in [-0.2, -0.15) is 0 Å². The van der Waals surface area contributed by atoms with E-state index in [1.54, 1.807) is 6.08 Å². The SMILES string of the molecule is CC(=CC=O)c1[pH]c(-c2ccccc2)c(-c2ccccc2)c1-c1ccccc1. The molecule has 1 nitrogen and oxygen atoms in total. The van der Waals surface area contributed by atoms with Crippen LogP contribution in [0.3, 0.4) is 0 Å². The molecule has 4 aromatic rings. The highest BCUT2D eigenvalue weighted by Gasteiger charge is 2.21. The van der Waals surface area contributed by atoms with E-state index in [0.29, 0.717) is 8.19 Å². The van der Waals surface area contributed by atoms with Gasteiger partial charge in [0.1, 0.15) is 6.29 Å². The summed E-state index contributed by atoms with van der Waals surface area (Å²) in [6.07, 6.45) is 2.57. The lowest BCUT2D eigenvalue weighted by molar-refractivity contribution is -0.104. The van der Waals surface area contributed by atoms with Crippen LogP contribution in [0.4, 0.5) is 0 Å². The maximum atomic E-state index is 11.2. The molecule has 1 heterocycles. The van der Waals surface area contributed by atoms with Crippen molar-refractivity contribution in [1.82, 2.24) is 0 Å². The Kier molecular flexibility index (Phi) is 5.37. The fourth-order valence-electron chi connectivity index (χ4n) is 3.59. The maximum Gasteiger partial charge on any atom is 0.143 e. The molecule has 0 N–H and O–H groups in total. The van der Waals surface area contributed by atoms with E-state index in [2.05, 4.69) is 72.8 Å². The number of hydrogen-bond donors (Lipinski definition) is 0. The molecule has 0 saturated heterocycles. The molecule has 0 aliphatic heterocycles. The van der Waals surface area contributed by atoms with E-state index in [4.69, 9.17) is 0 Å². The van der Waals surface area contributed by atoms with Crippen molar-refractivity contribution in [2.45, 2.75) is 6.92 Å². The molecule has 3 aromatic carbocycles. The second-order valence-corrected chi connectivity index (χ2v) is 7.96. The standard InChI is InChI=1S/C26H21OP/c1-19(17-18-27)25-23(20-11-5-2-6-12-20)24(21-13-7-3-8-14-21)26(28-25)22-15-9-4-10-16-22/h2-18,28H,1H3. The van der Waals surface area contributed by atoms with Gasteiger partial charge >= 0.3 is 0 Å². The number of carbonyl (C=O) groups excluding carboxylic acids is 1. The number of carbonyl (C=O) groups is 1. The zero-order valence-corrected chi connectivity index (χ0v) is 16.7. The van der Waals surface area contributed by atoms with Gasteiger partial charge in [-0.3, -0.25) is 4.79 Å². The van der Waals surface area contributed by atoms with E-state index in [9.17, 15) is 4.79 Å². The third-order valence-corrected chi connectivity index (χ3v) is 6.58. The molecule has 0 saturated carbocycles. The van der Waals surface area contributed by atoms with E-state index in [0.717, 1.165) is 11.9 Å². The van der Waals surface area contributed by atoms with Gasteiger partial charge in [-0.05, 0) is 35.3 Å². The topological polar surface area (TPSA) is 17.1 Å². The second-order valence-electron chi connectivity index (χ2n) is 6.71. The van der Waals surface area contributed by atoms with E-state index < -0.39 is 0 Å². The van der Waals surface area contributed by atoms with Crippen LogP contribution in [0.2, 0.25) is 0 Å². The summed E-state index contributed by atoms with van der Waals surface area (Å²) in [5.74, 6) is 0. The summed E-state index contributed by atoms with van der Waals surface area (Å²) in [7, 11) is 0.502. The van der Waals surface area contributed by atoms with Crippen molar-refractivity contribution in [2.75, 3.05) is 0 Å². The third kappa shape index (κ3) is 3.50. The molecule has 2 heteroatoms. The predicted octanol–water partition coefficient (Wildman–Crippen LogP) is 7.32. The smallest absolute Gasteiger partial charge is 0.143 e. The van der Waals surface area contributed by atoms with Gasteiger partial charge in [-0.25, -0.2) is 0 Å². The largest absolute Gasteiger partial charge is 0.299 e. The Bertz CT molecular complexity index is 1110. The van der Waals surface area contributed by atoms with Crippen LogP contribution in [0.1, 0.15) is 12.2 Å². The summed E-state index contributed by atoms with van der Waals surface area (Å²) in [6.45, 7) is 2.04. The number of benzene rings is 3. The molecular formula is C26H21OP. The van der Waals surface area contributed by atoms with Crippen LogP contribution in [-0.4, -0.2) is 6.29 Å². The quantitative estimate of drug-likeness (QED) is 0.262. The molecule has 4 rings (SSSR count). The lowest BCUT2D eigenvalue weighted by Gasteiger charge is -2.11. The van der Waals surface area contributed by atoms with Gasteiger partial charge in [0.05, 0.1) is 0 Å². The molecule has 0 amide bonds. The fourth-order valence-corrected chi connectivity index (χ4v) is 5.22. The predicted molar refractivity (Wildman–Crippen MR) is 122 cm³/mol. The van der Waals surface area contributed by atoms with Crippen molar-refractivity contribution in [3.05, 3.63) is 102 Å². The van der Waals surface area contributed by atoms with Gasteiger partial charge in [0.25, 0.3) is 0 Å². The van der Waals surface area contributed by atoms with Crippen molar-refractivity contribution in [3.63, 3.8) is 0 Å². The van der Waals surface area contributed by atoms with Gasteiger partial charge in [0.2, 0.25) is 0 Å². The summed E-state index contributed by atoms with van der Waals surface area (Å²) in [4.78, 5) is 11.2. The highest BCUT2D eigenvalue weighted by molar-refractivity contribution is 7.36. The summed E-state index contributed by atoms with van der Waals surface area (Å²) in [5, 5.41) is 2.58. The van der Waals surface area contributed by atoms with Gasteiger partial charge in [-0.1, -0.05) is 91.0 Å². The Hall–Kier alpha value is -3.15. The van der Waals surface area contributed by atoms with Crippen molar-refractivity contribution in [3.8, 4) is 33.1 Å². The summed E-state index contributed by atoms with van der Waals surface area (Å²) in [5.41, 5.74) is 7.17. The van der Waals surface area contributed by atoms with Gasteiger partial charge in [0.15, 0.2) is 0 Å². The summed E-state index contributed by atoms with van der Waals surface area (Å²) < 4.78 is 0. The normalized spacial score (nSPS) is 11.7. The highest BCUT2D eigenvalue weighted by atomic mass is 31.0. The minimum absolute atomic E-state index is 0.502. The van der Waals surface area contributed by atoms with Crippen LogP contribution in [0.15, 0.2) is 97.1 Å². The minimum Gasteiger partial charge on any atom is -0.299 e. The van der Waals surface area contributed by atoms with Crippen LogP contribution < -0.4 is 0 Å². The van der Waals surface area contributed by atoms with E-state index in [1.807, 2.05) is 25.1 Å². The molecule has 1 atom stereocenters.